The van der Waals surface area contributed by atoms with Crippen molar-refractivity contribution in [3.05, 3.63) is 35.0 Å². The Morgan fingerprint density at radius 2 is 2.10 bits per heavy atom. The number of rotatable bonds is 3. The molecule has 2 aromatic rings. The van der Waals surface area contributed by atoms with E-state index in [0.29, 0.717) is 0 Å². The van der Waals surface area contributed by atoms with Gasteiger partial charge in [-0.1, -0.05) is 12.5 Å². The number of H-pyrrole nitrogens is 1. The maximum Gasteiger partial charge on any atom is 0.0487 e. The Bertz CT molecular complexity index is 639. The number of likely N-dealkylation sites (tertiary alicyclic amines) is 1. The molecule has 1 aromatic heterocycles. The summed E-state index contributed by atoms with van der Waals surface area (Å²) < 4.78 is 0. The van der Waals surface area contributed by atoms with E-state index < -0.39 is 0 Å². The molecule has 3 rings (SSSR count). The highest BCUT2D eigenvalue weighted by Crippen LogP contribution is 2.27. The molecule has 2 nitrogen and oxygen atoms in total. The molecule has 20 heavy (non-hydrogen) atoms. The normalized spacial score (nSPS) is 16.4. The minimum Gasteiger partial charge on any atom is -0.361 e. The quantitative estimate of drug-likeness (QED) is 0.840. The summed E-state index contributed by atoms with van der Waals surface area (Å²) >= 11 is 0. The molecule has 1 aliphatic heterocycles. The third kappa shape index (κ3) is 2.46. The lowest BCUT2D eigenvalue weighted by atomic mass is 9.96. The summed E-state index contributed by atoms with van der Waals surface area (Å²) in [5, 5.41) is 1.35. The van der Waals surface area contributed by atoms with E-state index in [-0.39, 0.29) is 0 Å². The molecule has 0 saturated carbocycles. The Morgan fingerprint density at radius 3 is 2.85 bits per heavy atom. The molecule has 0 amide bonds. The highest BCUT2D eigenvalue weighted by Gasteiger charge is 2.16. The molecule has 1 fully saturated rings. The number of nitrogens with one attached hydrogen (secondary N) is 1. The van der Waals surface area contributed by atoms with Gasteiger partial charge in [0, 0.05) is 30.1 Å². The van der Waals surface area contributed by atoms with Gasteiger partial charge in [-0.3, -0.25) is 4.90 Å². The Kier molecular flexibility index (Phi) is 3.80. The maximum atomic E-state index is 5.56. The summed E-state index contributed by atoms with van der Waals surface area (Å²) in [4.78, 5) is 5.93. The van der Waals surface area contributed by atoms with Gasteiger partial charge in [0.15, 0.2) is 0 Å². The zero-order valence-corrected chi connectivity index (χ0v) is 12.2. The number of aromatic nitrogens is 1. The summed E-state index contributed by atoms with van der Waals surface area (Å²) in [6.07, 6.45) is 12.4. The number of benzene rings is 1. The van der Waals surface area contributed by atoms with Crippen molar-refractivity contribution in [2.45, 2.75) is 39.2 Å². The number of piperidine rings is 1. The topological polar surface area (TPSA) is 19.0 Å². The van der Waals surface area contributed by atoms with Crippen molar-refractivity contribution < 1.29 is 0 Å². The molecule has 1 saturated heterocycles. The van der Waals surface area contributed by atoms with Crippen LogP contribution in [-0.4, -0.2) is 23.0 Å². The lowest BCUT2D eigenvalue weighted by molar-refractivity contribution is 0.221. The minimum atomic E-state index is 0.727. The van der Waals surface area contributed by atoms with Gasteiger partial charge in [0.25, 0.3) is 0 Å². The van der Waals surface area contributed by atoms with Crippen molar-refractivity contribution in [2.75, 3.05) is 13.1 Å². The van der Waals surface area contributed by atoms with E-state index in [0.717, 1.165) is 13.0 Å². The molecule has 0 radical (unpaired) electrons. The zero-order chi connectivity index (χ0) is 13.9. The maximum absolute atomic E-state index is 5.56. The molecule has 2 heterocycles. The Labute approximate surface area is 121 Å². The summed E-state index contributed by atoms with van der Waals surface area (Å²) in [7, 11) is 0. The van der Waals surface area contributed by atoms with Gasteiger partial charge in [-0.05, 0) is 55.6 Å². The molecule has 1 aromatic carbocycles. The van der Waals surface area contributed by atoms with Crippen LogP contribution in [0.25, 0.3) is 10.9 Å². The largest absolute Gasteiger partial charge is 0.361 e. The third-order valence-corrected chi connectivity index (χ3v) is 4.37. The predicted molar refractivity (Wildman–Crippen MR) is 84.7 cm³/mol. The first-order valence-corrected chi connectivity index (χ1v) is 7.54. The van der Waals surface area contributed by atoms with E-state index in [2.05, 4.69) is 34.9 Å². The standard InChI is InChI=1S/C18H22N2/c1-3-7-15-12-14(2)18-16(8-9-19-18)17(15)13-20-10-5-4-6-11-20/h1,8-9,12,19H,4-7,10-11,13H2,2H3. The number of aryl methyl sites for hydroxylation is 1. The molecule has 2 heteroatoms. The first-order chi connectivity index (χ1) is 9.79. The highest BCUT2D eigenvalue weighted by atomic mass is 15.1. The van der Waals surface area contributed by atoms with Crippen LogP contribution in [0.2, 0.25) is 0 Å². The van der Waals surface area contributed by atoms with Crippen LogP contribution in [-0.2, 0) is 13.0 Å². The van der Waals surface area contributed by atoms with Crippen LogP contribution in [0, 0.1) is 19.3 Å². The van der Waals surface area contributed by atoms with Crippen LogP contribution in [0.5, 0.6) is 0 Å². The van der Waals surface area contributed by atoms with Crippen molar-refractivity contribution >= 4 is 10.9 Å². The first-order valence-electron chi connectivity index (χ1n) is 7.54. The van der Waals surface area contributed by atoms with E-state index in [4.69, 9.17) is 6.42 Å². The van der Waals surface area contributed by atoms with Gasteiger partial charge >= 0.3 is 0 Å². The molecule has 1 aliphatic rings. The van der Waals surface area contributed by atoms with Gasteiger partial charge in [0.2, 0.25) is 0 Å². The molecule has 0 unspecified atom stereocenters. The third-order valence-electron chi connectivity index (χ3n) is 4.37. The number of hydrogen-bond donors (Lipinski definition) is 1. The van der Waals surface area contributed by atoms with Crippen LogP contribution in [0.1, 0.15) is 36.0 Å². The highest BCUT2D eigenvalue weighted by molar-refractivity contribution is 5.87. The molecular formula is C18H22N2. The second-order valence-electron chi connectivity index (χ2n) is 5.82. The SMILES string of the molecule is C#CCc1cc(C)c2[nH]ccc2c1CN1CCCCC1. The second kappa shape index (κ2) is 5.73. The molecule has 104 valence electrons. The Balaban J connectivity index is 2.01. The van der Waals surface area contributed by atoms with E-state index >= 15 is 0 Å². The van der Waals surface area contributed by atoms with Crippen molar-refractivity contribution in [3.8, 4) is 12.3 Å². The summed E-state index contributed by atoms with van der Waals surface area (Å²) in [5.74, 6) is 2.82. The number of terminal acetylenes is 1. The van der Waals surface area contributed by atoms with Crippen molar-refractivity contribution in [3.63, 3.8) is 0 Å². The monoisotopic (exact) mass is 266 g/mol. The van der Waals surface area contributed by atoms with E-state index in [1.165, 1.54) is 59.9 Å². The van der Waals surface area contributed by atoms with Crippen molar-refractivity contribution in [2.24, 2.45) is 0 Å². The van der Waals surface area contributed by atoms with Crippen molar-refractivity contribution in [1.82, 2.24) is 9.88 Å². The second-order valence-corrected chi connectivity index (χ2v) is 5.82. The smallest absolute Gasteiger partial charge is 0.0487 e. The fourth-order valence-electron chi connectivity index (χ4n) is 3.34. The zero-order valence-electron chi connectivity index (χ0n) is 12.2. The summed E-state index contributed by atoms with van der Waals surface area (Å²) in [6.45, 7) is 5.62. The van der Waals surface area contributed by atoms with Crippen molar-refractivity contribution in [1.29, 1.82) is 0 Å². The van der Waals surface area contributed by atoms with Gasteiger partial charge in [-0.2, -0.15) is 0 Å². The van der Waals surface area contributed by atoms with Crippen LogP contribution >= 0.6 is 0 Å². The first kappa shape index (κ1) is 13.3. The molecular weight excluding hydrogens is 244 g/mol. The molecule has 1 N–H and O–H groups in total. The fourth-order valence-corrected chi connectivity index (χ4v) is 3.34. The lowest BCUT2D eigenvalue weighted by Gasteiger charge is -2.27. The van der Waals surface area contributed by atoms with E-state index in [1.807, 2.05) is 6.20 Å². The van der Waals surface area contributed by atoms with Crippen LogP contribution in [0.3, 0.4) is 0 Å². The minimum absolute atomic E-state index is 0.727. The Hall–Kier alpha value is -1.72. The Morgan fingerprint density at radius 1 is 1.30 bits per heavy atom. The predicted octanol–water partition coefficient (Wildman–Crippen LogP) is 3.64. The molecule has 0 aliphatic carbocycles. The summed E-state index contributed by atoms with van der Waals surface area (Å²) in [5.41, 5.74) is 5.30. The molecule has 0 spiro atoms. The molecule has 0 bridgehead atoms. The number of fused-ring (bicyclic) bond motifs is 1. The summed E-state index contributed by atoms with van der Waals surface area (Å²) in [6, 6.07) is 4.46. The lowest BCUT2D eigenvalue weighted by Crippen LogP contribution is -2.29. The van der Waals surface area contributed by atoms with Gasteiger partial charge < -0.3 is 4.98 Å². The van der Waals surface area contributed by atoms with E-state index in [1.54, 1.807) is 0 Å². The van der Waals surface area contributed by atoms with Gasteiger partial charge in [0.1, 0.15) is 0 Å². The average Bonchev–Trinajstić information content (AvgIpc) is 2.94. The van der Waals surface area contributed by atoms with Crippen LogP contribution in [0.4, 0.5) is 0 Å². The van der Waals surface area contributed by atoms with Gasteiger partial charge in [0.05, 0.1) is 0 Å². The number of aromatic amines is 1. The fraction of sp³-hybridized carbons (Fsp3) is 0.444. The van der Waals surface area contributed by atoms with Gasteiger partial charge in [-0.15, -0.1) is 12.3 Å². The van der Waals surface area contributed by atoms with Crippen LogP contribution in [0.15, 0.2) is 18.3 Å². The number of nitrogens with zero attached hydrogens (tertiary/aromatic N) is 1. The van der Waals surface area contributed by atoms with Gasteiger partial charge in [-0.25, -0.2) is 0 Å². The molecule has 0 atom stereocenters. The average molecular weight is 266 g/mol. The van der Waals surface area contributed by atoms with Crippen LogP contribution < -0.4 is 0 Å². The number of hydrogen-bond acceptors (Lipinski definition) is 1. The van der Waals surface area contributed by atoms with E-state index in [9.17, 15) is 0 Å².